The molecule has 2 bridgehead atoms. The van der Waals surface area contributed by atoms with Crippen molar-refractivity contribution in [3.63, 3.8) is 0 Å². The second-order valence-corrected chi connectivity index (χ2v) is 10.2. The van der Waals surface area contributed by atoms with Crippen LogP contribution in [0.4, 0.5) is 0 Å². The molecule has 3 fully saturated rings. The van der Waals surface area contributed by atoms with Gasteiger partial charge in [0.15, 0.2) is 0 Å². The smallest absolute Gasteiger partial charge is 0.303 e. The second kappa shape index (κ2) is 18.0. The molecule has 36 heavy (non-hydrogen) atoms. The topological polar surface area (TPSA) is 171 Å². The van der Waals surface area contributed by atoms with Crippen LogP contribution in [0.1, 0.15) is 38.5 Å². The first-order chi connectivity index (χ1) is 17.5. The Balaban J connectivity index is 1.99. The average Bonchev–Trinajstić information content (AvgIpc) is 2.84. The zero-order chi connectivity index (χ0) is 26.0. The number of carboxylic acid groups (broad SMARTS) is 2. The Hall–Kier alpha value is -1.38. The van der Waals surface area contributed by atoms with Crippen LogP contribution in [0.25, 0.3) is 0 Å². The minimum absolute atomic E-state index is 0.168. The van der Waals surface area contributed by atoms with Gasteiger partial charge in [0, 0.05) is 91.4 Å². The van der Waals surface area contributed by atoms with Crippen molar-refractivity contribution in [3.8, 4) is 0 Å². The van der Waals surface area contributed by atoms with Gasteiger partial charge in [0.1, 0.15) is 0 Å². The van der Waals surface area contributed by atoms with Crippen molar-refractivity contribution < 1.29 is 19.8 Å². The summed E-state index contributed by atoms with van der Waals surface area (Å²) in [5.74, 6) is -1.47. The molecule has 3 saturated heterocycles. The van der Waals surface area contributed by atoms with Crippen LogP contribution in [0, 0.1) is 0 Å². The van der Waals surface area contributed by atoms with Crippen molar-refractivity contribution in [1.29, 1.82) is 0 Å². The normalized spacial score (nSPS) is 27.2. The molecule has 3 aliphatic heterocycles. The monoisotopic (exact) mass is 514 g/mol. The average molecular weight is 515 g/mol. The molecule has 0 aromatic heterocycles. The molecular weight excluding hydrogens is 464 g/mol. The van der Waals surface area contributed by atoms with E-state index in [1.165, 1.54) is 0 Å². The van der Waals surface area contributed by atoms with Crippen molar-refractivity contribution in [2.45, 2.75) is 49.6 Å². The van der Waals surface area contributed by atoms with Gasteiger partial charge < -0.3 is 52.7 Å². The fourth-order valence-corrected chi connectivity index (χ4v) is 4.76. The maximum Gasteiger partial charge on any atom is 0.303 e. The Morgan fingerprint density at radius 1 is 0.528 bits per heavy atom. The number of hydrogen-bond donors (Lipinski definition) is 10. The number of carbonyl (C=O) groups is 2. The molecule has 0 aromatic carbocycles. The second-order valence-electron chi connectivity index (χ2n) is 10.2. The first-order valence-electron chi connectivity index (χ1n) is 13.6. The molecule has 0 unspecified atom stereocenters. The van der Waals surface area contributed by atoms with E-state index in [2.05, 4.69) is 42.5 Å². The number of hydrogen-bond acceptors (Lipinski definition) is 10. The summed E-state index contributed by atoms with van der Waals surface area (Å²) in [5, 5.41) is 47.0. The molecule has 210 valence electrons. The van der Waals surface area contributed by atoms with E-state index in [4.69, 9.17) is 10.2 Å². The summed E-state index contributed by atoms with van der Waals surface area (Å²) in [5.41, 5.74) is -0.336. The van der Waals surface area contributed by atoms with Crippen LogP contribution >= 0.6 is 0 Å². The lowest BCUT2D eigenvalue weighted by Crippen LogP contribution is -2.67. The lowest BCUT2D eigenvalue weighted by molar-refractivity contribution is -0.138. The van der Waals surface area contributed by atoms with E-state index in [-0.39, 0.29) is 23.9 Å². The Morgan fingerprint density at radius 2 is 0.806 bits per heavy atom. The number of unbranched alkanes of at least 4 members (excludes halogenated alkanes) is 2. The molecule has 0 aromatic rings. The van der Waals surface area contributed by atoms with Gasteiger partial charge in [-0.05, 0) is 38.8 Å². The van der Waals surface area contributed by atoms with Crippen molar-refractivity contribution in [3.05, 3.63) is 0 Å². The van der Waals surface area contributed by atoms with Crippen LogP contribution in [0.3, 0.4) is 0 Å². The van der Waals surface area contributed by atoms with Crippen LogP contribution in [-0.4, -0.2) is 125 Å². The predicted octanol–water partition coefficient (Wildman–Crippen LogP) is -2.28. The predicted molar refractivity (Wildman–Crippen MR) is 142 cm³/mol. The summed E-state index contributed by atoms with van der Waals surface area (Å²) >= 11 is 0. The highest BCUT2D eigenvalue weighted by atomic mass is 16.4. The number of rotatable bonds is 12. The maximum atomic E-state index is 10.8. The fraction of sp³-hybridized carbons (Fsp3) is 0.917. The van der Waals surface area contributed by atoms with E-state index in [0.717, 1.165) is 104 Å². The van der Waals surface area contributed by atoms with Gasteiger partial charge in [0.25, 0.3) is 0 Å². The third-order valence-electron chi connectivity index (χ3n) is 6.85. The molecular formula is C24H50N8O4. The van der Waals surface area contributed by atoms with Gasteiger partial charge >= 0.3 is 11.9 Å². The minimum Gasteiger partial charge on any atom is -0.481 e. The Bertz CT molecular complexity index is 529. The van der Waals surface area contributed by atoms with Crippen molar-refractivity contribution in [1.82, 2.24) is 42.5 Å². The number of aliphatic carboxylic acids is 2. The molecule has 3 aliphatic rings. The lowest BCUT2D eigenvalue weighted by Gasteiger charge is -2.39. The Kier molecular flexibility index (Phi) is 15.4. The summed E-state index contributed by atoms with van der Waals surface area (Å²) in [7, 11) is 0. The molecule has 0 spiro atoms. The summed E-state index contributed by atoms with van der Waals surface area (Å²) < 4.78 is 0. The summed E-state index contributed by atoms with van der Waals surface area (Å²) in [6.07, 6.45) is 3.46. The van der Waals surface area contributed by atoms with Gasteiger partial charge in [-0.15, -0.1) is 0 Å². The van der Waals surface area contributed by atoms with E-state index < -0.39 is 11.9 Å². The quantitative estimate of drug-likeness (QED) is 0.127. The van der Waals surface area contributed by atoms with E-state index in [0.29, 0.717) is 12.8 Å². The molecule has 0 amide bonds. The maximum absolute atomic E-state index is 10.8. The summed E-state index contributed by atoms with van der Waals surface area (Å²) in [6.45, 7) is 11.5. The molecule has 12 heteroatoms. The fourth-order valence-electron chi connectivity index (χ4n) is 4.76. The van der Waals surface area contributed by atoms with Gasteiger partial charge in [0.05, 0.1) is 11.1 Å². The first-order valence-corrected chi connectivity index (χ1v) is 13.6. The van der Waals surface area contributed by atoms with Crippen molar-refractivity contribution in [2.75, 3.05) is 91.6 Å². The van der Waals surface area contributed by atoms with Crippen LogP contribution in [-0.2, 0) is 9.59 Å². The van der Waals surface area contributed by atoms with Crippen LogP contribution in [0.15, 0.2) is 0 Å². The highest BCUT2D eigenvalue weighted by molar-refractivity contribution is 5.66. The zero-order valence-corrected chi connectivity index (χ0v) is 21.9. The number of carboxylic acids is 2. The van der Waals surface area contributed by atoms with E-state index >= 15 is 0 Å². The molecule has 0 radical (unpaired) electrons. The lowest BCUT2D eigenvalue weighted by atomic mass is 9.97. The van der Waals surface area contributed by atoms with Crippen molar-refractivity contribution >= 4 is 11.9 Å². The van der Waals surface area contributed by atoms with Gasteiger partial charge in [-0.25, -0.2) is 0 Å². The van der Waals surface area contributed by atoms with E-state index in [1.54, 1.807) is 0 Å². The highest BCUT2D eigenvalue weighted by Crippen LogP contribution is 2.06. The molecule has 12 nitrogen and oxygen atoms in total. The van der Waals surface area contributed by atoms with Crippen LogP contribution < -0.4 is 42.5 Å². The van der Waals surface area contributed by atoms with Crippen molar-refractivity contribution in [2.24, 2.45) is 0 Å². The molecule has 0 aliphatic carbocycles. The molecule has 3 rings (SSSR count). The van der Waals surface area contributed by atoms with Gasteiger partial charge in [0.2, 0.25) is 0 Å². The minimum atomic E-state index is -0.737. The molecule has 3 heterocycles. The highest BCUT2D eigenvalue weighted by Gasteiger charge is 2.31. The van der Waals surface area contributed by atoms with E-state index in [1.807, 2.05) is 0 Å². The number of nitrogens with one attached hydrogen (secondary N) is 8. The van der Waals surface area contributed by atoms with Crippen LogP contribution in [0.2, 0.25) is 0 Å². The molecule has 0 atom stereocenters. The molecule has 0 saturated carbocycles. The number of fused-ring (bicyclic) bond motifs is 15. The Morgan fingerprint density at radius 3 is 1.06 bits per heavy atom. The van der Waals surface area contributed by atoms with Gasteiger partial charge in [-0.1, -0.05) is 0 Å². The Labute approximate surface area is 215 Å². The standard InChI is InChI=1S/C24H50N8O4/c33-21(34)5-1-3-7-31-23-15-25-9-12-28-18-24(19-29-13-10-26-16-23,20-30-14-11-27-17-23)32-8-4-2-6-22(35)36/h25-32H,1-20H2,(H,33,34)(H,35,36). The largest absolute Gasteiger partial charge is 0.481 e. The summed E-state index contributed by atoms with van der Waals surface area (Å²) in [4.78, 5) is 21.7. The molecule has 10 N–H and O–H groups in total. The van der Waals surface area contributed by atoms with E-state index in [9.17, 15) is 9.59 Å². The van der Waals surface area contributed by atoms with Crippen LogP contribution in [0.5, 0.6) is 0 Å². The summed E-state index contributed by atoms with van der Waals surface area (Å²) in [6, 6.07) is 0. The third-order valence-corrected chi connectivity index (χ3v) is 6.85. The van der Waals surface area contributed by atoms with Gasteiger partial charge in [-0.2, -0.15) is 0 Å². The first kappa shape index (κ1) is 30.8. The van der Waals surface area contributed by atoms with Gasteiger partial charge in [-0.3, -0.25) is 9.59 Å². The zero-order valence-electron chi connectivity index (χ0n) is 21.9. The third kappa shape index (κ3) is 13.2. The SMILES string of the molecule is O=C(O)CCCCNC12CNCCNCC(NCCCCC(=O)O)(CNCCNC1)CNCCNC2.